The molecule has 0 saturated carbocycles. The first kappa shape index (κ1) is 30.5. The minimum absolute atomic E-state index is 0. The van der Waals surface area contributed by atoms with Crippen molar-refractivity contribution in [3.63, 3.8) is 0 Å². The maximum atomic E-state index is 11.3. The number of hydrogen-bond donors (Lipinski definition) is 0. The molecule has 0 spiro atoms. The molecule has 0 amide bonds. The Kier molecular flexibility index (Phi) is 18.6. The predicted octanol–water partition coefficient (Wildman–Crippen LogP) is -4.17. The van der Waals surface area contributed by atoms with Crippen LogP contribution in [0.25, 0.3) is 0 Å². The van der Waals surface area contributed by atoms with Crippen LogP contribution in [0, 0.1) is 0 Å². The van der Waals surface area contributed by atoms with Crippen molar-refractivity contribution in [1.29, 1.82) is 0 Å². The van der Waals surface area contributed by atoms with Crippen LogP contribution in [-0.2, 0) is 19.1 Å². The van der Waals surface area contributed by atoms with E-state index in [0.29, 0.717) is 22.1 Å². The molecule has 0 aliphatic carbocycles. The Bertz CT molecular complexity index is 355. The Morgan fingerprint density at radius 1 is 0.615 bits per heavy atom. The van der Waals surface area contributed by atoms with Gasteiger partial charge in [0.15, 0.2) is 13.1 Å². The summed E-state index contributed by atoms with van der Waals surface area (Å²) in [7, 11) is 11.1. The molecule has 8 heteroatoms. The molecule has 0 saturated heterocycles. The van der Waals surface area contributed by atoms with Gasteiger partial charge in [0.1, 0.15) is 0 Å². The molecule has 0 aromatic carbocycles. The smallest absolute Gasteiger partial charge is 0.361 e. The number of carbonyl (C=O) groups excluding carboxylic acids is 2. The summed E-state index contributed by atoms with van der Waals surface area (Å²) in [5, 5.41) is 0. The Balaban J connectivity index is -0.00000264. The fourth-order valence-corrected chi connectivity index (χ4v) is 2.77. The summed E-state index contributed by atoms with van der Waals surface area (Å²) in [4.78, 5) is 22.7. The highest BCUT2D eigenvalue weighted by molar-refractivity contribution is 5.70. The molecule has 0 atom stereocenters. The Hall–Kier alpha value is -0.180. The van der Waals surface area contributed by atoms with Gasteiger partial charge in [-0.2, -0.15) is 0 Å². The van der Waals surface area contributed by atoms with E-state index in [4.69, 9.17) is 9.47 Å². The lowest BCUT2D eigenvalue weighted by atomic mass is 10.1. The highest BCUT2D eigenvalue weighted by Crippen LogP contribution is 2.10. The van der Waals surface area contributed by atoms with Gasteiger partial charge in [-0.25, -0.2) is 9.59 Å². The van der Waals surface area contributed by atoms with Crippen LogP contribution in [-0.4, -0.2) is 89.5 Å². The van der Waals surface area contributed by atoms with E-state index < -0.39 is 0 Å². The van der Waals surface area contributed by atoms with Crippen molar-refractivity contribution >= 4 is 11.9 Å². The molecule has 158 valence electrons. The molecule has 6 nitrogen and oxygen atoms in total. The van der Waals surface area contributed by atoms with Crippen molar-refractivity contribution in [3.8, 4) is 0 Å². The SMILES string of the molecule is COC(=O)C[N+](C)(C)CCCCCCCC[N+](C)(C)CC(=O)OC.[Br-].[Br-]. The maximum Gasteiger partial charge on any atom is 0.361 e. The van der Waals surface area contributed by atoms with Gasteiger partial charge in [-0.05, 0) is 25.7 Å². The summed E-state index contributed by atoms with van der Waals surface area (Å²) in [6.07, 6.45) is 7.11. The van der Waals surface area contributed by atoms with Crippen LogP contribution in [0.2, 0.25) is 0 Å². The van der Waals surface area contributed by atoms with Crippen LogP contribution in [0.5, 0.6) is 0 Å². The fraction of sp³-hybridized carbons (Fsp3) is 0.889. The van der Waals surface area contributed by atoms with Crippen LogP contribution in [0.4, 0.5) is 0 Å². The van der Waals surface area contributed by atoms with Crippen molar-refractivity contribution in [2.75, 3.05) is 68.6 Å². The molecule has 0 unspecified atom stereocenters. The lowest BCUT2D eigenvalue weighted by molar-refractivity contribution is -0.883. The van der Waals surface area contributed by atoms with Crippen LogP contribution in [0.3, 0.4) is 0 Å². The molecule has 0 aromatic heterocycles. The molecule has 0 heterocycles. The number of halogens is 2. The summed E-state index contributed by atoms with van der Waals surface area (Å²) in [6.45, 7) is 2.86. The molecule has 0 aliphatic heterocycles. The molecular formula is C18H38Br2N2O4. The standard InChI is InChI=1S/C18H38N2O4.2BrH/c1-19(2,15-17(21)23-5)13-11-9-7-8-10-12-14-20(3,4)16-18(22)24-6;;/h7-16H2,1-6H3;2*1H/q+2;;/p-2. The normalized spacial score (nSPS) is 11.2. The van der Waals surface area contributed by atoms with Gasteiger partial charge in [0.2, 0.25) is 0 Å². The summed E-state index contributed by atoms with van der Waals surface area (Å²) in [5.74, 6) is -0.291. The Morgan fingerprint density at radius 3 is 1.15 bits per heavy atom. The van der Waals surface area contributed by atoms with Gasteiger partial charge in [-0.15, -0.1) is 0 Å². The number of likely N-dealkylation sites (N-methyl/N-ethyl adjacent to an activating group) is 2. The number of quaternary nitrogens is 2. The quantitative estimate of drug-likeness (QED) is 0.145. The third-order valence-electron chi connectivity index (χ3n) is 4.35. The van der Waals surface area contributed by atoms with Gasteiger partial charge in [0, 0.05) is 0 Å². The van der Waals surface area contributed by atoms with Crippen molar-refractivity contribution < 1.29 is 62.0 Å². The third kappa shape index (κ3) is 17.2. The highest BCUT2D eigenvalue weighted by Gasteiger charge is 2.20. The van der Waals surface area contributed by atoms with E-state index in [-0.39, 0.29) is 45.9 Å². The van der Waals surface area contributed by atoms with E-state index in [1.165, 1.54) is 39.9 Å². The Morgan fingerprint density at radius 2 is 0.885 bits per heavy atom. The van der Waals surface area contributed by atoms with Crippen molar-refractivity contribution in [1.82, 2.24) is 0 Å². The number of carbonyl (C=O) groups is 2. The third-order valence-corrected chi connectivity index (χ3v) is 4.35. The lowest BCUT2D eigenvalue weighted by Crippen LogP contribution is -3.00. The van der Waals surface area contributed by atoms with Crippen molar-refractivity contribution in [2.45, 2.75) is 38.5 Å². The Labute approximate surface area is 180 Å². The summed E-state index contributed by atoms with van der Waals surface area (Å²) in [6, 6.07) is 0. The number of ether oxygens (including phenoxy) is 2. The minimum Gasteiger partial charge on any atom is -1.00 e. The number of hydrogen-bond acceptors (Lipinski definition) is 4. The molecule has 0 bridgehead atoms. The number of nitrogens with zero attached hydrogens (tertiary/aromatic N) is 2. The van der Waals surface area contributed by atoms with Gasteiger partial charge < -0.3 is 52.4 Å². The molecule has 0 fully saturated rings. The van der Waals surface area contributed by atoms with E-state index in [1.807, 2.05) is 0 Å². The van der Waals surface area contributed by atoms with Gasteiger partial charge in [0.25, 0.3) is 0 Å². The molecule has 26 heavy (non-hydrogen) atoms. The van der Waals surface area contributed by atoms with E-state index in [1.54, 1.807) is 0 Å². The molecule has 0 rings (SSSR count). The zero-order chi connectivity index (χ0) is 18.6. The molecule has 0 aliphatic rings. The van der Waals surface area contributed by atoms with Crippen molar-refractivity contribution in [3.05, 3.63) is 0 Å². The topological polar surface area (TPSA) is 52.6 Å². The van der Waals surface area contributed by atoms with E-state index in [9.17, 15) is 9.59 Å². The minimum atomic E-state index is -0.146. The molecule has 0 radical (unpaired) electrons. The lowest BCUT2D eigenvalue weighted by Gasteiger charge is -2.28. The number of esters is 2. The molecule has 0 N–H and O–H groups in total. The van der Waals surface area contributed by atoms with Gasteiger partial charge in [0.05, 0.1) is 55.5 Å². The number of rotatable bonds is 13. The number of unbranched alkanes of at least 4 members (excludes halogenated alkanes) is 5. The van der Waals surface area contributed by atoms with E-state index in [0.717, 1.165) is 25.9 Å². The van der Waals surface area contributed by atoms with Gasteiger partial charge in [-0.3, -0.25) is 0 Å². The number of methoxy groups -OCH3 is 2. The van der Waals surface area contributed by atoms with Crippen LogP contribution in [0.15, 0.2) is 0 Å². The monoisotopic (exact) mass is 504 g/mol. The van der Waals surface area contributed by atoms with Crippen LogP contribution < -0.4 is 34.0 Å². The second kappa shape index (κ2) is 15.8. The van der Waals surface area contributed by atoms with Crippen LogP contribution in [0.1, 0.15) is 38.5 Å². The largest absolute Gasteiger partial charge is 1.00 e. The average molecular weight is 506 g/mol. The highest BCUT2D eigenvalue weighted by atomic mass is 79.9. The predicted molar refractivity (Wildman–Crippen MR) is 95.4 cm³/mol. The van der Waals surface area contributed by atoms with Gasteiger partial charge in [-0.1, -0.05) is 12.8 Å². The second-order valence-electron chi connectivity index (χ2n) is 7.91. The zero-order valence-corrected chi connectivity index (χ0v) is 20.5. The first-order chi connectivity index (χ1) is 11.1. The van der Waals surface area contributed by atoms with Crippen LogP contribution >= 0.6 is 0 Å². The molecular weight excluding hydrogens is 468 g/mol. The summed E-state index contributed by atoms with van der Waals surface area (Å²) >= 11 is 0. The second-order valence-corrected chi connectivity index (χ2v) is 7.91. The zero-order valence-electron chi connectivity index (χ0n) is 17.4. The first-order valence-electron chi connectivity index (χ1n) is 8.89. The summed E-state index contributed by atoms with van der Waals surface area (Å²) < 4.78 is 10.8. The average Bonchev–Trinajstić information content (AvgIpc) is 2.48. The summed E-state index contributed by atoms with van der Waals surface area (Å²) in [5.41, 5.74) is 0. The van der Waals surface area contributed by atoms with Crippen molar-refractivity contribution in [2.24, 2.45) is 0 Å². The molecule has 0 aromatic rings. The maximum absolute atomic E-state index is 11.3. The van der Waals surface area contributed by atoms with E-state index >= 15 is 0 Å². The first-order valence-corrected chi connectivity index (χ1v) is 8.89. The fourth-order valence-electron chi connectivity index (χ4n) is 2.77. The van der Waals surface area contributed by atoms with Gasteiger partial charge >= 0.3 is 11.9 Å². The van der Waals surface area contributed by atoms with E-state index in [2.05, 4.69) is 28.2 Å².